The zero-order chi connectivity index (χ0) is 12.1. The third kappa shape index (κ3) is 0.648. The van der Waals surface area contributed by atoms with E-state index in [1.165, 1.54) is 0 Å². The van der Waals surface area contributed by atoms with Crippen molar-refractivity contribution in [1.29, 1.82) is 0 Å². The van der Waals surface area contributed by atoms with Crippen LogP contribution in [-0.4, -0.2) is 0 Å². The summed E-state index contributed by atoms with van der Waals surface area (Å²) in [5.74, 6) is 1.39. The molecule has 0 N–H and O–H groups in total. The maximum absolute atomic E-state index is 2.50. The van der Waals surface area contributed by atoms with Gasteiger partial charge in [0.1, 0.15) is 0 Å². The van der Waals surface area contributed by atoms with Crippen molar-refractivity contribution in [2.45, 2.75) is 31.1 Å². The highest BCUT2D eigenvalue weighted by Gasteiger charge is 2.82. The predicted molar refractivity (Wildman–Crippen MR) is 72.9 cm³/mol. The fourth-order valence-electron chi connectivity index (χ4n) is 5.45. The monoisotopic (exact) mass is 232 g/mol. The fourth-order valence-corrected chi connectivity index (χ4v) is 5.45. The van der Waals surface area contributed by atoms with E-state index >= 15 is 0 Å². The lowest BCUT2D eigenvalue weighted by Gasteiger charge is -2.18. The molecule has 18 heavy (non-hydrogen) atoms. The maximum Gasteiger partial charge on any atom is 0.0164 e. The van der Waals surface area contributed by atoms with Gasteiger partial charge < -0.3 is 0 Å². The summed E-state index contributed by atoms with van der Waals surface area (Å²) in [7, 11) is 0. The van der Waals surface area contributed by atoms with Crippen molar-refractivity contribution < 1.29 is 0 Å². The third-order valence-electron chi connectivity index (χ3n) is 6.26. The van der Waals surface area contributed by atoms with E-state index in [2.05, 4.69) is 62.4 Å². The molecule has 0 radical (unpaired) electrons. The molecule has 88 valence electrons. The van der Waals surface area contributed by atoms with E-state index in [-0.39, 0.29) is 0 Å². The Bertz CT molecular complexity index is 699. The predicted octanol–water partition coefficient (Wildman–Crippen LogP) is 4.21. The van der Waals surface area contributed by atoms with Crippen molar-refractivity contribution in [2.75, 3.05) is 0 Å². The number of hydrogen-bond acceptors (Lipinski definition) is 0. The average Bonchev–Trinajstić information content (AvgIpc) is 2.69. The first-order valence-corrected chi connectivity index (χ1v) is 6.89. The van der Waals surface area contributed by atoms with Gasteiger partial charge in [0.05, 0.1) is 0 Å². The van der Waals surface area contributed by atoms with Crippen molar-refractivity contribution in [3.63, 3.8) is 0 Å². The van der Waals surface area contributed by atoms with Crippen molar-refractivity contribution in [1.82, 2.24) is 0 Å². The van der Waals surface area contributed by atoms with E-state index < -0.39 is 0 Å². The molecule has 0 spiro atoms. The summed E-state index contributed by atoms with van der Waals surface area (Å²) in [6.07, 6.45) is 0. The summed E-state index contributed by atoms with van der Waals surface area (Å²) in [6, 6.07) is 18.2. The molecule has 0 aromatic heterocycles. The third-order valence-corrected chi connectivity index (χ3v) is 6.26. The zero-order valence-electron chi connectivity index (χ0n) is 10.8. The molecule has 4 atom stereocenters. The lowest BCUT2D eigenvalue weighted by molar-refractivity contribution is 0.470. The van der Waals surface area contributed by atoms with Gasteiger partial charge in [0.15, 0.2) is 0 Å². The first kappa shape index (κ1) is 9.38. The highest BCUT2D eigenvalue weighted by atomic mass is 14.8. The summed E-state index contributed by atoms with van der Waals surface area (Å²) in [5, 5.41) is 0. The summed E-state index contributed by atoms with van der Waals surface area (Å²) in [4.78, 5) is 0. The van der Waals surface area contributed by atoms with Crippen LogP contribution in [-0.2, 0) is 5.41 Å². The average molecular weight is 232 g/mol. The van der Waals surface area contributed by atoms with Crippen LogP contribution >= 0.6 is 0 Å². The van der Waals surface area contributed by atoms with Crippen LogP contribution in [0.2, 0.25) is 0 Å². The van der Waals surface area contributed by atoms with Gasteiger partial charge in [-0.05, 0) is 27.7 Å². The molecular formula is C18H16. The molecule has 3 aliphatic rings. The van der Waals surface area contributed by atoms with Crippen LogP contribution in [0, 0.1) is 5.41 Å². The quantitative estimate of drug-likeness (QED) is 0.638. The molecule has 2 aromatic rings. The van der Waals surface area contributed by atoms with Crippen LogP contribution in [0.5, 0.6) is 0 Å². The number of hydrogen-bond donors (Lipinski definition) is 0. The Labute approximate surface area is 108 Å². The molecule has 2 aromatic carbocycles. The molecule has 0 heteroatoms. The van der Waals surface area contributed by atoms with Gasteiger partial charge in [-0.1, -0.05) is 62.4 Å². The Kier molecular flexibility index (Phi) is 1.26. The molecule has 5 rings (SSSR count). The fraction of sp³-hybridized carbons (Fsp3) is 0.333. The number of rotatable bonds is 0. The van der Waals surface area contributed by atoms with Crippen molar-refractivity contribution in [3.8, 4) is 0 Å². The van der Waals surface area contributed by atoms with E-state index in [9.17, 15) is 0 Å². The second-order valence-corrected chi connectivity index (χ2v) is 6.57. The highest BCUT2D eigenvalue weighted by molar-refractivity contribution is 5.70. The minimum atomic E-state index is 0.391. The van der Waals surface area contributed by atoms with E-state index in [0.29, 0.717) is 16.7 Å². The smallest absolute Gasteiger partial charge is 0.0164 e. The van der Waals surface area contributed by atoms with Gasteiger partial charge in [0, 0.05) is 17.3 Å². The van der Waals surface area contributed by atoms with Crippen LogP contribution in [0.15, 0.2) is 48.5 Å². The molecule has 0 saturated heterocycles. The van der Waals surface area contributed by atoms with Crippen LogP contribution in [0.3, 0.4) is 0 Å². The van der Waals surface area contributed by atoms with Gasteiger partial charge in [-0.15, -0.1) is 0 Å². The second-order valence-electron chi connectivity index (χ2n) is 6.57. The second kappa shape index (κ2) is 2.42. The van der Waals surface area contributed by atoms with Crippen LogP contribution < -0.4 is 0 Å². The van der Waals surface area contributed by atoms with Crippen LogP contribution in [0.25, 0.3) is 0 Å². The van der Waals surface area contributed by atoms with Gasteiger partial charge in [0.25, 0.3) is 0 Å². The van der Waals surface area contributed by atoms with Gasteiger partial charge >= 0.3 is 0 Å². The normalized spacial score (nSPS) is 41.2. The minimum absolute atomic E-state index is 0.391. The van der Waals surface area contributed by atoms with E-state index in [4.69, 9.17) is 0 Å². The lowest BCUT2D eigenvalue weighted by Crippen LogP contribution is -2.11. The highest BCUT2D eigenvalue weighted by Crippen LogP contribution is 2.88. The van der Waals surface area contributed by atoms with Crippen molar-refractivity contribution in [2.24, 2.45) is 5.41 Å². The van der Waals surface area contributed by atoms with Crippen LogP contribution in [0.1, 0.15) is 47.9 Å². The number of fused-ring (bicyclic) bond motifs is 7. The Morgan fingerprint density at radius 1 is 0.778 bits per heavy atom. The molecule has 1 fully saturated rings. The summed E-state index contributed by atoms with van der Waals surface area (Å²) in [5.41, 5.74) is 7.24. The maximum atomic E-state index is 2.50. The molecule has 0 heterocycles. The molecule has 0 aliphatic heterocycles. The summed E-state index contributed by atoms with van der Waals surface area (Å²) < 4.78 is 0. The molecule has 0 amide bonds. The molecular weight excluding hydrogens is 216 g/mol. The number of benzene rings is 2. The van der Waals surface area contributed by atoms with Crippen molar-refractivity contribution in [3.05, 3.63) is 70.8 Å². The van der Waals surface area contributed by atoms with E-state index in [1.54, 1.807) is 22.3 Å². The van der Waals surface area contributed by atoms with Gasteiger partial charge in [-0.25, -0.2) is 0 Å². The van der Waals surface area contributed by atoms with Gasteiger partial charge in [0.2, 0.25) is 0 Å². The first-order valence-electron chi connectivity index (χ1n) is 6.89. The van der Waals surface area contributed by atoms with E-state index in [0.717, 1.165) is 5.92 Å². The minimum Gasteiger partial charge on any atom is -0.0620 e. The standard InChI is InChI=1S/C18H16/c1-17-14-10-6-5-9-13(14)15-11-7-3-4-8-12(11)16(17)18(15,17)2/h3-10,15-16H,1-2H3. The zero-order valence-corrected chi connectivity index (χ0v) is 10.8. The Hall–Kier alpha value is -1.56. The Morgan fingerprint density at radius 2 is 1.39 bits per heavy atom. The molecule has 0 bridgehead atoms. The van der Waals surface area contributed by atoms with E-state index in [1.807, 2.05) is 0 Å². The Morgan fingerprint density at radius 3 is 2.17 bits per heavy atom. The van der Waals surface area contributed by atoms with Crippen LogP contribution in [0.4, 0.5) is 0 Å². The molecule has 1 saturated carbocycles. The SMILES string of the molecule is CC12c3ccccc3C3c4ccccc4C1C32C. The van der Waals surface area contributed by atoms with Gasteiger partial charge in [-0.3, -0.25) is 0 Å². The topological polar surface area (TPSA) is 0 Å². The van der Waals surface area contributed by atoms with Crippen molar-refractivity contribution >= 4 is 0 Å². The summed E-state index contributed by atoms with van der Waals surface area (Å²) >= 11 is 0. The molecule has 0 nitrogen and oxygen atoms in total. The molecule has 3 aliphatic carbocycles. The Balaban J connectivity index is 1.92. The summed E-state index contributed by atoms with van der Waals surface area (Å²) in [6.45, 7) is 4.98. The molecule has 4 unspecified atom stereocenters. The first-order chi connectivity index (χ1) is 8.70. The van der Waals surface area contributed by atoms with Gasteiger partial charge in [-0.2, -0.15) is 0 Å². The lowest BCUT2D eigenvalue weighted by atomic mass is 9.84. The largest absolute Gasteiger partial charge is 0.0620 e.